The number of aryl methyl sites for hydroxylation is 1. The molecule has 9 heteroatoms. The zero-order valence-corrected chi connectivity index (χ0v) is 16.1. The van der Waals surface area contributed by atoms with Gasteiger partial charge in [-0.2, -0.15) is 0 Å². The Morgan fingerprint density at radius 1 is 1.19 bits per heavy atom. The van der Waals surface area contributed by atoms with Crippen LogP contribution in [0.25, 0.3) is 0 Å². The van der Waals surface area contributed by atoms with Gasteiger partial charge in [-0.15, -0.1) is 0 Å². The van der Waals surface area contributed by atoms with E-state index in [9.17, 15) is 18.0 Å². The molecule has 0 spiro atoms. The molecule has 1 N–H and O–H groups in total. The number of halogens is 1. The fourth-order valence-corrected chi connectivity index (χ4v) is 4.20. The van der Waals surface area contributed by atoms with Crippen LogP contribution in [0, 0.1) is 6.92 Å². The third-order valence-electron chi connectivity index (χ3n) is 4.80. The molecule has 0 atom stereocenters. The molecule has 0 unspecified atom stereocenters. The van der Waals surface area contributed by atoms with Crippen molar-refractivity contribution < 1.29 is 18.0 Å². The Hall–Kier alpha value is -1.64. The predicted molar refractivity (Wildman–Crippen MR) is 97.9 cm³/mol. The standard InChI is InChI=1S/C17H22ClN3O4S/c1-12-10-14(4-5-15(12)18)26(24,25)17(23)19-11-16(22)21-8-6-20(7-9-21)13-2-3-13/h4-5,10,13H,2-3,6-9,11H2,1H3,(H,19,23). The van der Waals surface area contributed by atoms with Gasteiger partial charge in [0.25, 0.3) is 9.84 Å². The van der Waals surface area contributed by atoms with E-state index in [2.05, 4.69) is 10.2 Å². The van der Waals surface area contributed by atoms with Crippen LogP contribution in [0.4, 0.5) is 4.79 Å². The number of piperazine rings is 1. The summed E-state index contributed by atoms with van der Waals surface area (Å²) in [6, 6.07) is 4.72. The van der Waals surface area contributed by atoms with Crippen molar-refractivity contribution in [3.63, 3.8) is 0 Å². The van der Waals surface area contributed by atoms with Crippen LogP contribution in [0.3, 0.4) is 0 Å². The summed E-state index contributed by atoms with van der Waals surface area (Å²) in [7, 11) is -4.20. The predicted octanol–water partition coefficient (Wildman–Crippen LogP) is 1.44. The summed E-state index contributed by atoms with van der Waals surface area (Å²) in [5.74, 6) is -0.267. The molecule has 0 radical (unpaired) electrons. The number of nitrogens with one attached hydrogen (secondary N) is 1. The molecule has 1 aromatic rings. The van der Waals surface area contributed by atoms with E-state index in [4.69, 9.17) is 11.6 Å². The largest absolute Gasteiger partial charge is 0.341 e. The third-order valence-corrected chi connectivity index (χ3v) is 6.73. The van der Waals surface area contributed by atoms with Gasteiger partial charge < -0.3 is 10.2 Å². The van der Waals surface area contributed by atoms with Crippen molar-refractivity contribution in [2.24, 2.45) is 0 Å². The van der Waals surface area contributed by atoms with Gasteiger partial charge in [-0.1, -0.05) is 11.6 Å². The second-order valence-electron chi connectivity index (χ2n) is 6.70. The SMILES string of the molecule is Cc1cc(S(=O)(=O)C(=O)NCC(=O)N2CCN(C3CC3)CC2)ccc1Cl. The van der Waals surface area contributed by atoms with E-state index in [1.807, 2.05) is 0 Å². The number of carbonyl (C=O) groups is 2. The molecule has 26 heavy (non-hydrogen) atoms. The van der Waals surface area contributed by atoms with Gasteiger partial charge in [-0.05, 0) is 43.5 Å². The van der Waals surface area contributed by atoms with E-state index in [0.29, 0.717) is 29.7 Å². The van der Waals surface area contributed by atoms with Gasteiger partial charge in [0.05, 0.1) is 11.4 Å². The number of sulfone groups is 1. The highest BCUT2D eigenvalue weighted by Gasteiger charge is 2.32. The zero-order chi connectivity index (χ0) is 18.9. The molecule has 7 nitrogen and oxygen atoms in total. The molecule has 0 bridgehead atoms. The summed E-state index contributed by atoms with van der Waals surface area (Å²) in [6.45, 7) is 4.19. The van der Waals surface area contributed by atoms with Crippen LogP contribution in [-0.2, 0) is 14.6 Å². The van der Waals surface area contributed by atoms with Crippen LogP contribution in [0.5, 0.6) is 0 Å². The molecule has 0 aromatic heterocycles. The van der Waals surface area contributed by atoms with E-state index in [1.165, 1.54) is 31.0 Å². The molecule has 1 aliphatic carbocycles. The van der Waals surface area contributed by atoms with Gasteiger partial charge in [0.2, 0.25) is 5.91 Å². The zero-order valence-electron chi connectivity index (χ0n) is 14.6. The maximum atomic E-state index is 12.3. The quantitative estimate of drug-likeness (QED) is 0.827. The molecule has 2 fully saturated rings. The second-order valence-corrected chi connectivity index (χ2v) is 8.96. The average molecular weight is 400 g/mol. The number of benzene rings is 1. The summed E-state index contributed by atoms with van der Waals surface area (Å²) >= 11 is 5.88. The van der Waals surface area contributed by atoms with Crippen molar-refractivity contribution in [1.29, 1.82) is 0 Å². The normalized spacial score (nSPS) is 18.6. The maximum absolute atomic E-state index is 12.3. The van der Waals surface area contributed by atoms with E-state index >= 15 is 0 Å². The Kier molecular flexibility index (Phi) is 5.55. The van der Waals surface area contributed by atoms with Crippen LogP contribution >= 0.6 is 11.6 Å². The number of hydrogen-bond acceptors (Lipinski definition) is 5. The van der Waals surface area contributed by atoms with E-state index in [1.54, 1.807) is 11.8 Å². The van der Waals surface area contributed by atoms with Crippen LogP contribution in [0.15, 0.2) is 23.1 Å². The van der Waals surface area contributed by atoms with Crippen LogP contribution in [-0.4, -0.2) is 68.1 Å². The van der Waals surface area contributed by atoms with Gasteiger partial charge in [-0.25, -0.2) is 8.42 Å². The van der Waals surface area contributed by atoms with Crippen LogP contribution in [0.1, 0.15) is 18.4 Å². The first-order chi connectivity index (χ1) is 12.3. The fraction of sp³-hybridized carbons (Fsp3) is 0.529. The Bertz CT molecular complexity index is 815. The first-order valence-electron chi connectivity index (χ1n) is 8.60. The number of amides is 2. The minimum atomic E-state index is -4.20. The monoisotopic (exact) mass is 399 g/mol. The highest BCUT2D eigenvalue weighted by molar-refractivity contribution is 8.06. The van der Waals surface area contributed by atoms with E-state index in [-0.39, 0.29) is 17.3 Å². The minimum Gasteiger partial charge on any atom is -0.339 e. The number of nitrogens with zero attached hydrogens (tertiary/aromatic N) is 2. The smallest absolute Gasteiger partial charge is 0.339 e. The van der Waals surface area contributed by atoms with Gasteiger partial charge >= 0.3 is 5.24 Å². The second kappa shape index (κ2) is 7.54. The van der Waals surface area contributed by atoms with E-state index < -0.39 is 15.1 Å². The molecule has 3 rings (SSSR count). The first-order valence-corrected chi connectivity index (χ1v) is 10.5. The first kappa shape index (κ1) is 19.1. The van der Waals surface area contributed by atoms with E-state index in [0.717, 1.165) is 13.1 Å². The van der Waals surface area contributed by atoms with Gasteiger partial charge in [-0.3, -0.25) is 14.5 Å². The third kappa shape index (κ3) is 4.19. The molecule has 1 aromatic carbocycles. The Balaban J connectivity index is 1.54. The lowest BCUT2D eigenvalue weighted by Crippen LogP contribution is -2.51. The van der Waals surface area contributed by atoms with Crippen LogP contribution < -0.4 is 5.32 Å². The van der Waals surface area contributed by atoms with Crippen LogP contribution in [0.2, 0.25) is 5.02 Å². The van der Waals surface area contributed by atoms with Gasteiger partial charge in [0, 0.05) is 37.2 Å². The molecular weight excluding hydrogens is 378 g/mol. The van der Waals surface area contributed by atoms with Crippen molar-refractivity contribution in [1.82, 2.24) is 15.1 Å². The maximum Gasteiger partial charge on any atom is 0.341 e. The Morgan fingerprint density at radius 2 is 1.85 bits per heavy atom. The summed E-state index contributed by atoms with van der Waals surface area (Å²) in [5, 5.41) is 1.48. The number of carbonyl (C=O) groups excluding carboxylic acids is 2. The molecule has 1 aliphatic heterocycles. The van der Waals surface area contributed by atoms with Crippen molar-refractivity contribution in [2.75, 3.05) is 32.7 Å². The van der Waals surface area contributed by atoms with Gasteiger partial charge in [0.15, 0.2) is 0 Å². The minimum absolute atomic E-state index is 0.137. The highest BCUT2D eigenvalue weighted by Crippen LogP contribution is 2.27. The Labute approximate surface area is 158 Å². The highest BCUT2D eigenvalue weighted by atomic mass is 35.5. The Morgan fingerprint density at radius 3 is 2.42 bits per heavy atom. The van der Waals surface area contributed by atoms with Crippen molar-refractivity contribution in [3.8, 4) is 0 Å². The van der Waals surface area contributed by atoms with Crippen molar-refractivity contribution in [2.45, 2.75) is 30.7 Å². The molecule has 1 saturated heterocycles. The summed E-state index contributed by atoms with van der Waals surface area (Å²) in [6.07, 6.45) is 2.46. The molecular formula is C17H22ClN3O4S. The topological polar surface area (TPSA) is 86.8 Å². The molecule has 2 aliphatic rings. The summed E-state index contributed by atoms with van der Waals surface area (Å²) in [5.41, 5.74) is 0.560. The summed E-state index contributed by atoms with van der Waals surface area (Å²) < 4.78 is 24.6. The average Bonchev–Trinajstić information content (AvgIpc) is 3.46. The summed E-state index contributed by atoms with van der Waals surface area (Å²) in [4.78, 5) is 28.2. The van der Waals surface area contributed by atoms with Crippen molar-refractivity contribution in [3.05, 3.63) is 28.8 Å². The fourth-order valence-electron chi connectivity index (χ4n) is 3.02. The lowest BCUT2D eigenvalue weighted by Gasteiger charge is -2.34. The van der Waals surface area contributed by atoms with Gasteiger partial charge in [0.1, 0.15) is 0 Å². The molecule has 1 heterocycles. The molecule has 142 valence electrons. The number of hydrogen-bond donors (Lipinski definition) is 1. The lowest BCUT2D eigenvalue weighted by atomic mass is 10.2. The van der Waals surface area contributed by atoms with Crippen molar-refractivity contribution >= 4 is 32.6 Å². The molecule has 1 saturated carbocycles. The molecule has 2 amide bonds. The lowest BCUT2D eigenvalue weighted by molar-refractivity contribution is -0.131. The number of rotatable bonds is 4.